The van der Waals surface area contributed by atoms with E-state index in [2.05, 4.69) is 16.3 Å². The SMILES string of the molecule is COc1cc2c(cc1NC(=S)N1CC3CC(C1)c1cccc(=O)n1C3)oc1ccccc12. The van der Waals surface area contributed by atoms with E-state index < -0.39 is 0 Å². The summed E-state index contributed by atoms with van der Waals surface area (Å²) in [6.45, 7) is 2.37. The van der Waals surface area contributed by atoms with Crippen LogP contribution < -0.4 is 15.6 Å². The molecule has 2 atom stereocenters. The number of piperidine rings is 1. The Kier molecular flexibility index (Phi) is 4.47. The number of hydrogen-bond donors (Lipinski definition) is 1. The van der Waals surface area contributed by atoms with E-state index in [1.807, 2.05) is 47.0 Å². The molecule has 2 aromatic heterocycles. The standard InChI is InChI=1S/C25H23N3O3S/c1-30-23-10-18-17-5-2-3-7-21(17)31-22(18)11-19(23)26-25(32)27-12-15-9-16(14-27)20-6-4-8-24(29)28(20)13-15/h2-8,10-11,15-16H,9,12-14H2,1H3,(H,26,32). The van der Waals surface area contributed by atoms with Crippen molar-refractivity contribution in [3.63, 3.8) is 0 Å². The number of benzene rings is 2. The van der Waals surface area contributed by atoms with Crippen molar-refractivity contribution in [1.82, 2.24) is 9.47 Å². The van der Waals surface area contributed by atoms with E-state index in [0.29, 0.717) is 16.9 Å². The molecule has 0 amide bonds. The van der Waals surface area contributed by atoms with E-state index in [0.717, 1.165) is 65.1 Å². The number of aromatic nitrogens is 1. The highest BCUT2D eigenvalue weighted by Crippen LogP contribution is 2.38. The number of rotatable bonds is 2. The molecule has 6 rings (SSSR count). The predicted molar refractivity (Wildman–Crippen MR) is 130 cm³/mol. The Morgan fingerprint density at radius 3 is 2.81 bits per heavy atom. The summed E-state index contributed by atoms with van der Waals surface area (Å²) < 4.78 is 13.7. The van der Waals surface area contributed by atoms with Gasteiger partial charge in [-0.05, 0) is 42.8 Å². The quantitative estimate of drug-likeness (QED) is 0.456. The molecule has 6 nitrogen and oxygen atoms in total. The molecule has 0 spiro atoms. The molecule has 2 aromatic carbocycles. The van der Waals surface area contributed by atoms with E-state index in [1.165, 1.54) is 0 Å². The van der Waals surface area contributed by atoms with Crippen LogP contribution in [0.25, 0.3) is 21.9 Å². The first-order valence-electron chi connectivity index (χ1n) is 10.9. The minimum Gasteiger partial charge on any atom is -0.495 e. The summed E-state index contributed by atoms with van der Waals surface area (Å²) >= 11 is 5.81. The lowest BCUT2D eigenvalue weighted by Crippen LogP contribution is -2.50. The molecular weight excluding hydrogens is 422 g/mol. The average molecular weight is 446 g/mol. The molecule has 1 fully saturated rings. The molecule has 1 N–H and O–H groups in total. The van der Waals surface area contributed by atoms with Gasteiger partial charge in [-0.3, -0.25) is 4.79 Å². The zero-order valence-corrected chi connectivity index (χ0v) is 18.5. The number of fused-ring (bicyclic) bond motifs is 7. The summed E-state index contributed by atoms with van der Waals surface area (Å²) in [5.41, 5.74) is 3.64. The summed E-state index contributed by atoms with van der Waals surface area (Å²) in [5.74, 6) is 1.43. The van der Waals surface area contributed by atoms with Crippen molar-refractivity contribution in [2.24, 2.45) is 5.92 Å². The van der Waals surface area contributed by atoms with Gasteiger partial charge in [0.05, 0.1) is 12.8 Å². The Bertz CT molecular complexity index is 1420. The highest BCUT2D eigenvalue weighted by Gasteiger charge is 2.35. The van der Waals surface area contributed by atoms with Crippen molar-refractivity contribution in [2.45, 2.75) is 18.9 Å². The van der Waals surface area contributed by atoms with Crippen LogP contribution in [0.5, 0.6) is 5.75 Å². The second-order valence-corrected chi connectivity index (χ2v) is 9.07. The smallest absolute Gasteiger partial charge is 0.250 e. The van der Waals surface area contributed by atoms with Crippen LogP contribution in [0.2, 0.25) is 0 Å². The van der Waals surface area contributed by atoms with Gasteiger partial charge < -0.3 is 23.9 Å². The summed E-state index contributed by atoms with van der Waals surface area (Å²) in [6, 6.07) is 17.5. The molecule has 4 heterocycles. The summed E-state index contributed by atoms with van der Waals surface area (Å²) in [5, 5.41) is 6.14. The third-order valence-corrected chi connectivity index (χ3v) is 7.07. The van der Waals surface area contributed by atoms with Gasteiger partial charge in [-0.15, -0.1) is 0 Å². The number of hydrogen-bond acceptors (Lipinski definition) is 4. The fourth-order valence-corrected chi connectivity index (χ4v) is 5.53. The zero-order valence-electron chi connectivity index (χ0n) is 17.7. The fourth-order valence-electron chi connectivity index (χ4n) is 5.27. The number of nitrogens with one attached hydrogen (secondary N) is 1. The van der Waals surface area contributed by atoms with Gasteiger partial charge >= 0.3 is 0 Å². The number of pyridine rings is 1. The van der Waals surface area contributed by atoms with Crippen molar-refractivity contribution in [3.8, 4) is 5.75 Å². The molecule has 32 heavy (non-hydrogen) atoms. The Hall–Kier alpha value is -3.32. The highest BCUT2D eigenvalue weighted by atomic mass is 32.1. The average Bonchev–Trinajstić information content (AvgIpc) is 3.16. The topological polar surface area (TPSA) is 59.6 Å². The van der Waals surface area contributed by atoms with Gasteiger partial charge in [-0.1, -0.05) is 24.3 Å². The normalized spacial score (nSPS) is 19.7. The molecule has 0 saturated carbocycles. The maximum Gasteiger partial charge on any atom is 0.250 e. The van der Waals surface area contributed by atoms with Crippen LogP contribution in [0.15, 0.2) is 63.8 Å². The van der Waals surface area contributed by atoms with E-state index in [9.17, 15) is 4.79 Å². The van der Waals surface area contributed by atoms with E-state index in [4.69, 9.17) is 21.4 Å². The molecule has 7 heteroatoms. The number of thiocarbonyl (C=S) groups is 1. The minimum absolute atomic E-state index is 0.0928. The van der Waals surface area contributed by atoms with E-state index in [1.54, 1.807) is 13.2 Å². The Labute approximate surface area is 190 Å². The second-order valence-electron chi connectivity index (χ2n) is 8.68. The van der Waals surface area contributed by atoms with Gasteiger partial charge in [0, 0.05) is 54.2 Å². The number of para-hydroxylation sites is 1. The number of nitrogens with zero attached hydrogens (tertiary/aromatic N) is 2. The van der Waals surface area contributed by atoms with Crippen molar-refractivity contribution < 1.29 is 9.15 Å². The van der Waals surface area contributed by atoms with Gasteiger partial charge in [0.25, 0.3) is 5.56 Å². The Morgan fingerprint density at radius 1 is 1.06 bits per heavy atom. The van der Waals surface area contributed by atoms with Crippen LogP contribution in [-0.2, 0) is 6.54 Å². The second kappa shape index (κ2) is 7.38. The fraction of sp³-hybridized carbons (Fsp3) is 0.280. The number of anilines is 1. The third-order valence-electron chi connectivity index (χ3n) is 6.71. The maximum absolute atomic E-state index is 12.3. The Balaban J connectivity index is 1.29. The van der Waals surface area contributed by atoms with E-state index in [-0.39, 0.29) is 5.56 Å². The molecule has 2 bridgehead atoms. The lowest BCUT2D eigenvalue weighted by Gasteiger charge is -2.43. The van der Waals surface area contributed by atoms with Crippen LogP contribution in [0, 0.1) is 5.92 Å². The first-order valence-corrected chi connectivity index (χ1v) is 11.3. The predicted octanol–water partition coefficient (Wildman–Crippen LogP) is 4.57. The molecule has 2 aliphatic heterocycles. The highest BCUT2D eigenvalue weighted by molar-refractivity contribution is 7.80. The van der Waals surface area contributed by atoms with Gasteiger partial charge in [0.15, 0.2) is 5.11 Å². The van der Waals surface area contributed by atoms with Crippen molar-refractivity contribution in [3.05, 3.63) is 70.6 Å². The molecular formula is C25H23N3O3S. The van der Waals surface area contributed by atoms with Crippen molar-refractivity contribution >= 4 is 45.0 Å². The third kappa shape index (κ3) is 3.07. The first kappa shape index (κ1) is 19.4. The molecule has 0 radical (unpaired) electrons. The number of ether oxygens (including phenoxy) is 1. The number of likely N-dealkylation sites (tertiary alicyclic amines) is 1. The molecule has 4 aromatic rings. The monoisotopic (exact) mass is 445 g/mol. The maximum atomic E-state index is 12.3. The molecule has 2 unspecified atom stereocenters. The minimum atomic E-state index is 0.0928. The van der Waals surface area contributed by atoms with Crippen molar-refractivity contribution in [2.75, 3.05) is 25.5 Å². The molecule has 2 aliphatic rings. The number of furan rings is 1. The van der Waals surface area contributed by atoms with Gasteiger partial charge in [0.2, 0.25) is 0 Å². The number of methoxy groups -OCH3 is 1. The van der Waals surface area contributed by atoms with Crippen LogP contribution in [-0.4, -0.2) is 34.8 Å². The lowest BCUT2D eigenvalue weighted by molar-refractivity contribution is 0.180. The Morgan fingerprint density at radius 2 is 1.94 bits per heavy atom. The summed E-state index contributed by atoms with van der Waals surface area (Å²) in [4.78, 5) is 14.5. The van der Waals surface area contributed by atoms with Gasteiger partial charge in [0.1, 0.15) is 16.9 Å². The lowest BCUT2D eigenvalue weighted by atomic mass is 9.83. The van der Waals surface area contributed by atoms with Crippen LogP contribution in [0.3, 0.4) is 0 Å². The first-order chi connectivity index (χ1) is 15.6. The van der Waals surface area contributed by atoms with Crippen molar-refractivity contribution in [1.29, 1.82) is 0 Å². The molecule has 0 aliphatic carbocycles. The zero-order chi connectivity index (χ0) is 21.8. The summed E-state index contributed by atoms with van der Waals surface area (Å²) in [6.07, 6.45) is 1.09. The van der Waals surface area contributed by atoms with Crippen LogP contribution >= 0.6 is 12.2 Å². The van der Waals surface area contributed by atoms with Gasteiger partial charge in [-0.25, -0.2) is 0 Å². The van der Waals surface area contributed by atoms with Crippen LogP contribution in [0.1, 0.15) is 18.0 Å². The molecule has 1 saturated heterocycles. The van der Waals surface area contributed by atoms with Crippen LogP contribution in [0.4, 0.5) is 5.69 Å². The summed E-state index contributed by atoms with van der Waals surface area (Å²) in [7, 11) is 1.66. The van der Waals surface area contributed by atoms with Gasteiger partial charge in [-0.2, -0.15) is 0 Å². The van der Waals surface area contributed by atoms with E-state index >= 15 is 0 Å². The largest absolute Gasteiger partial charge is 0.495 e. The molecule has 162 valence electrons.